The number of aryl methyl sites for hydroxylation is 2. The zero-order valence-corrected chi connectivity index (χ0v) is 21.5. The number of rotatable bonds is 12. The third-order valence-corrected chi connectivity index (χ3v) is 6.48. The van der Waals surface area contributed by atoms with Crippen LogP contribution in [0.1, 0.15) is 61.0 Å². The van der Waals surface area contributed by atoms with E-state index in [1.807, 2.05) is 0 Å². The summed E-state index contributed by atoms with van der Waals surface area (Å²) >= 11 is 0. The molecule has 0 aliphatic carbocycles. The van der Waals surface area contributed by atoms with Gasteiger partial charge in [0.1, 0.15) is 11.5 Å². The van der Waals surface area contributed by atoms with Crippen LogP contribution in [-0.2, 0) is 32.4 Å². The van der Waals surface area contributed by atoms with Gasteiger partial charge in [-0.1, -0.05) is 24.3 Å². The second-order valence-corrected chi connectivity index (χ2v) is 10.8. The van der Waals surface area contributed by atoms with Crippen LogP contribution >= 0.6 is 0 Å². The number of aliphatic carboxylic acids is 1. The molecule has 0 spiro atoms. The Bertz CT molecular complexity index is 1220. The highest BCUT2D eigenvalue weighted by atomic mass is 32.2. The second kappa shape index (κ2) is 11.7. The van der Waals surface area contributed by atoms with Crippen LogP contribution in [0.4, 0.5) is 0 Å². The number of carbonyl (C=O) groups is 1. The fraction of sp³-hybridized carbons (Fsp3) is 0.500. The Morgan fingerprint density at radius 3 is 2.09 bits per heavy atom. The molecule has 188 valence electrons. The van der Waals surface area contributed by atoms with Gasteiger partial charge in [-0.3, -0.25) is 0 Å². The van der Waals surface area contributed by atoms with Crippen molar-refractivity contribution >= 4 is 16.1 Å². The molecule has 0 bridgehead atoms. The topological polar surface area (TPSA) is 99.1 Å². The van der Waals surface area contributed by atoms with E-state index < -0.39 is 39.9 Å². The summed E-state index contributed by atoms with van der Waals surface area (Å²) in [6.45, 7) is 11.2. The zero-order chi connectivity index (χ0) is 28.3. The number of carboxylic acid groups (broad SMARTS) is 1. The van der Waals surface area contributed by atoms with Gasteiger partial charge in [0.2, 0.25) is 0 Å². The largest absolute Gasteiger partial charge is 0.490 e. The summed E-state index contributed by atoms with van der Waals surface area (Å²) in [6.07, 6.45) is -5.47. The lowest BCUT2D eigenvalue weighted by molar-refractivity contribution is -0.153. The van der Waals surface area contributed by atoms with Crippen molar-refractivity contribution in [3.8, 4) is 11.5 Å². The molecule has 34 heavy (non-hydrogen) atoms. The lowest BCUT2D eigenvalue weighted by Gasteiger charge is -2.19. The van der Waals surface area contributed by atoms with E-state index in [4.69, 9.17) is 17.8 Å². The Balaban J connectivity index is 2.27. The van der Waals surface area contributed by atoms with Gasteiger partial charge < -0.3 is 18.8 Å². The van der Waals surface area contributed by atoms with Crippen LogP contribution in [0.3, 0.4) is 0 Å². The van der Waals surface area contributed by atoms with Crippen molar-refractivity contribution in [2.75, 3.05) is 0 Å². The third kappa shape index (κ3) is 8.02. The number of ether oxygens (including phenoxy) is 2. The van der Waals surface area contributed by atoms with Crippen molar-refractivity contribution in [3.63, 3.8) is 0 Å². The van der Waals surface area contributed by atoms with E-state index in [9.17, 15) is 18.3 Å². The van der Waals surface area contributed by atoms with Gasteiger partial charge in [0.25, 0.3) is 0 Å². The lowest BCUT2D eigenvalue weighted by Crippen LogP contribution is -2.29. The number of benzene rings is 2. The maximum Gasteiger partial charge on any atom is 0.333 e. The number of hydrogen-bond donors (Lipinski definition) is 1. The predicted molar refractivity (Wildman–Crippen MR) is 132 cm³/mol. The van der Waals surface area contributed by atoms with E-state index in [2.05, 4.69) is 0 Å². The van der Waals surface area contributed by atoms with Crippen molar-refractivity contribution in [1.82, 2.24) is 0 Å². The van der Waals surface area contributed by atoms with Gasteiger partial charge in [-0.15, -0.1) is 0 Å². The molecule has 7 nitrogen and oxygen atoms in total. The summed E-state index contributed by atoms with van der Waals surface area (Å²) in [5, 5.41) is 8.68. The molecule has 0 saturated carbocycles. The van der Waals surface area contributed by atoms with E-state index in [0.717, 1.165) is 0 Å². The van der Waals surface area contributed by atoms with E-state index >= 15 is 0 Å². The fourth-order valence-corrected chi connectivity index (χ4v) is 3.75. The summed E-state index contributed by atoms with van der Waals surface area (Å²) in [5.74, 6) is -0.693. The summed E-state index contributed by atoms with van der Waals surface area (Å²) in [6, 6.07) is 9.17. The highest BCUT2D eigenvalue weighted by Crippen LogP contribution is 2.25. The van der Waals surface area contributed by atoms with E-state index in [0.29, 0.717) is 16.7 Å². The van der Waals surface area contributed by atoms with Gasteiger partial charge in [0.05, 0.1) is 18.8 Å². The van der Waals surface area contributed by atoms with Crippen LogP contribution in [0.25, 0.3) is 0 Å². The maximum absolute atomic E-state index is 12.1. The highest BCUT2D eigenvalue weighted by molar-refractivity contribution is 7.87. The first kappa shape index (κ1) is 23.2. The predicted octanol–water partition coefficient (Wildman–Crippen LogP) is 4.85. The van der Waals surface area contributed by atoms with Crippen LogP contribution in [0.2, 0.25) is 0 Å². The minimum Gasteiger partial charge on any atom is -0.490 e. The molecule has 0 amide bonds. The molecule has 1 unspecified atom stereocenters. The Kier molecular flexibility index (Phi) is 7.98. The molecule has 0 aliphatic rings. The van der Waals surface area contributed by atoms with Crippen molar-refractivity contribution in [3.05, 3.63) is 58.7 Å². The van der Waals surface area contributed by atoms with Gasteiger partial charge in [-0.05, 0) is 82.9 Å². The zero-order valence-electron chi connectivity index (χ0n) is 23.7. The molecule has 0 radical (unpaired) electrons. The molecule has 2 atom stereocenters. The summed E-state index contributed by atoms with van der Waals surface area (Å²) in [7, 11) is -3.81. The molecule has 0 saturated heterocycles. The molecular weight excluding hydrogens is 456 g/mol. The van der Waals surface area contributed by atoms with Gasteiger partial charge >= 0.3 is 16.1 Å². The molecule has 0 aliphatic heterocycles. The monoisotopic (exact) mass is 495 g/mol. The average Bonchev–Trinajstić information content (AvgIpc) is 2.75. The Morgan fingerprint density at radius 1 is 1.00 bits per heavy atom. The Hall–Kier alpha value is -2.58. The standard InChI is InChI=1S/C26H36O7S/c1-16(2)31-25(26(27)28)15-22-8-10-23(18(5)12-22)32-20(7)14-21-9-11-24(19(6)13-21)33-34(29,30)17(3)4/h8-13,16-17,20,25H,14-15H2,1-7H3,(H,27,28)/t20?,25-/m0/s1/i14D2,20D. The smallest absolute Gasteiger partial charge is 0.333 e. The summed E-state index contributed by atoms with van der Waals surface area (Å²) < 4.78 is 66.7. The minimum absolute atomic E-state index is 0.0911. The van der Waals surface area contributed by atoms with Crippen LogP contribution < -0.4 is 8.92 Å². The summed E-state index contributed by atoms with van der Waals surface area (Å²) in [4.78, 5) is 11.5. The second-order valence-electron chi connectivity index (χ2n) is 8.70. The number of carboxylic acids is 1. The molecular formula is C26H36O7S. The molecule has 8 heteroatoms. The normalized spacial score (nSPS) is 16.3. The van der Waals surface area contributed by atoms with E-state index in [1.54, 1.807) is 45.9 Å². The van der Waals surface area contributed by atoms with Crippen LogP contribution in [0.5, 0.6) is 11.5 Å². The molecule has 0 fully saturated rings. The van der Waals surface area contributed by atoms with Crippen molar-refractivity contribution in [2.24, 2.45) is 0 Å². The lowest BCUT2D eigenvalue weighted by atomic mass is 10.0. The fourth-order valence-electron chi connectivity index (χ4n) is 3.12. The SMILES string of the molecule is [2H]C(C)(Oc1ccc(C[C@H](OC(C)C)C(=O)O)cc1C)C([2H])([2H])c1ccc(OS(=O)(=O)C(C)C)c(C)c1. The van der Waals surface area contributed by atoms with Crippen molar-refractivity contribution in [1.29, 1.82) is 0 Å². The van der Waals surface area contributed by atoms with E-state index in [-0.39, 0.29) is 29.6 Å². The van der Waals surface area contributed by atoms with Crippen LogP contribution in [0, 0.1) is 13.8 Å². The average molecular weight is 496 g/mol. The van der Waals surface area contributed by atoms with Crippen molar-refractivity contribution in [2.45, 2.75) is 84.8 Å². The highest BCUT2D eigenvalue weighted by Gasteiger charge is 2.21. The molecule has 2 aromatic carbocycles. The number of hydrogen-bond acceptors (Lipinski definition) is 6. The molecule has 1 N–H and O–H groups in total. The molecule has 2 rings (SSSR count). The minimum atomic E-state index is -3.81. The Morgan fingerprint density at radius 2 is 1.56 bits per heavy atom. The van der Waals surface area contributed by atoms with Crippen molar-refractivity contribution < 1.29 is 36.1 Å². The maximum atomic E-state index is 12.1. The molecule has 0 aromatic heterocycles. The van der Waals surface area contributed by atoms with Crippen LogP contribution in [0.15, 0.2) is 36.4 Å². The Labute approximate surface area is 207 Å². The van der Waals surface area contributed by atoms with Gasteiger partial charge in [0.15, 0.2) is 6.10 Å². The molecule has 2 aromatic rings. The summed E-state index contributed by atoms with van der Waals surface area (Å²) in [5.41, 5.74) is 1.84. The van der Waals surface area contributed by atoms with E-state index in [1.165, 1.54) is 39.0 Å². The first-order chi connectivity index (χ1) is 16.9. The van der Waals surface area contributed by atoms with Gasteiger partial charge in [-0.2, -0.15) is 8.42 Å². The first-order valence-electron chi connectivity index (χ1n) is 12.6. The van der Waals surface area contributed by atoms with Gasteiger partial charge in [0, 0.05) is 15.5 Å². The first-order valence-corrected chi connectivity index (χ1v) is 12.6. The third-order valence-electron chi connectivity index (χ3n) is 4.91. The van der Waals surface area contributed by atoms with Gasteiger partial charge in [-0.25, -0.2) is 4.79 Å². The molecule has 0 heterocycles. The van der Waals surface area contributed by atoms with Crippen LogP contribution in [-0.4, -0.2) is 43.0 Å². The quantitative estimate of drug-likeness (QED) is 0.420.